The number of aromatic nitrogens is 2. The molecule has 1 aromatic heterocycles. The standard InChI is InChI=1S/C25H15Cl2N3O2S/c26-18-8-6-16(7-9-18)23-17(15-29(28-23)20-4-2-1-3-5-20)14-22-24(31)30(25(32)33-22)21-12-10-19(27)11-13-21/h1-15H/b22-14-. The number of para-hydroxylation sites is 1. The molecule has 1 fully saturated rings. The minimum absolute atomic E-state index is 0.317. The van der Waals surface area contributed by atoms with Crippen LogP contribution in [0.3, 0.4) is 0 Å². The van der Waals surface area contributed by atoms with E-state index < -0.39 is 0 Å². The van der Waals surface area contributed by atoms with Gasteiger partial charge < -0.3 is 0 Å². The van der Waals surface area contributed by atoms with Gasteiger partial charge in [0.05, 0.1) is 22.0 Å². The van der Waals surface area contributed by atoms with E-state index >= 15 is 0 Å². The third kappa shape index (κ3) is 4.33. The summed E-state index contributed by atoms with van der Waals surface area (Å²) in [5.74, 6) is -0.387. The van der Waals surface area contributed by atoms with E-state index in [1.165, 1.54) is 0 Å². The third-order valence-electron chi connectivity index (χ3n) is 5.05. The van der Waals surface area contributed by atoms with Crippen molar-refractivity contribution in [2.24, 2.45) is 0 Å². The normalized spacial score (nSPS) is 15.0. The zero-order chi connectivity index (χ0) is 22.9. The molecule has 1 aliphatic rings. The molecule has 0 N–H and O–H groups in total. The van der Waals surface area contributed by atoms with Crippen molar-refractivity contribution in [2.75, 3.05) is 4.90 Å². The summed E-state index contributed by atoms with van der Waals surface area (Å²) in [7, 11) is 0. The van der Waals surface area contributed by atoms with Gasteiger partial charge in [0.2, 0.25) is 0 Å². The summed E-state index contributed by atoms with van der Waals surface area (Å²) < 4.78 is 1.75. The zero-order valence-corrected chi connectivity index (χ0v) is 19.3. The first kappa shape index (κ1) is 21.5. The first-order chi connectivity index (χ1) is 16.0. The van der Waals surface area contributed by atoms with E-state index in [2.05, 4.69) is 0 Å². The van der Waals surface area contributed by atoms with Crippen LogP contribution in [0.15, 0.2) is 90.0 Å². The van der Waals surface area contributed by atoms with Crippen LogP contribution in [0.4, 0.5) is 10.5 Å². The van der Waals surface area contributed by atoms with Gasteiger partial charge in [0.25, 0.3) is 11.1 Å². The fourth-order valence-electron chi connectivity index (χ4n) is 3.46. The molecule has 4 aromatic rings. The quantitative estimate of drug-likeness (QED) is 0.286. The molecule has 0 radical (unpaired) electrons. The number of anilines is 1. The summed E-state index contributed by atoms with van der Waals surface area (Å²) in [6.45, 7) is 0. The minimum atomic E-state index is -0.387. The summed E-state index contributed by atoms with van der Waals surface area (Å²) in [5.41, 5.74) is 3.58. The number of carbonyl (C=O) groups excluding carboxylic acids is 2. The Hall–Kier alpha value is -3.32. The number of imide groups is 1. The van der Waals surface area contributed by atoms with Gasteiger partial charge in [-0.15, -0.1) is 0 Å². The number of hydrogen-bond acceptors (Lipinski definition) is 4. The highest BCUT2D eigenvalue weighted by Crippen LogP contribution is 2.37. The van der Waals surface area contributed by atoms with Gasteiger partial charge in [0.1, 0.15) is 0 Å². The topological polar surface area (TPSA) is 55.2 Å². The number of amides is 2. The molecule has 8 heteroatoms. The maximum Gasteiger partial charge on any atom is 0.298 e. The Bertz CT molecular complexity index is 1380. The van der Waals surface area contributed by atoms with Crippen LogP contribution in [0.2, 0.25) is 10.0 Å². The largest absolute Gasteiger partial charge is 0.298 e. The molecular formula is C25H15Cl2N3O2S. The molecule has 2 heterocycles. The van der Waals surface area contributed by atoms with Crippen molar-refractivity contribution in [2.45, 2.75) is 0 Å². The molecule has 5 nitrogen and oxygen atoms in total. The van der Waals surface area contributed by atoms with E-state index in [1.54, 1.807) is 47.2 Å². The summed E-state index contributed by atoms with van der Waals surface area (Å²) in [5, 5.41) is 5.53. The number of benzene rings is 3. The van der Waals surface area contributed by atoms with E-state index in [0.29, 0.717) is 31.9 Å². The zero-order valence-electron chi connectivity index (χ0n) is 17.0. The van der Waals surface area contributed by atoms with Crippen molar-refractivity contribution in [3.63, 3.8) is 0 Å². The number of hydrogen-bond donors (Lipinski definition) is 0. The van der Waals surface area contributed by atoms with Crippen molar-refractivity contribution in [3.05, 3.63) is 106 Å². The molecule has 1 aliphatic heterocycles. The maximum atomic E-state index is 13.1. The lowest BCUT2D eigenvalue weighted by Gasteiger charge is -2.12. The van der Waals surface area contributed by atoms with Crippen LogP contribution in [0.1, 0.15) is 5.56 Å². The Labute approximate surface area is 204 Å². The Morgan fingerprint density at radius 3 is 2.09 bits per heavy atom. The molecule has 3 aromatic carbocycles. The van der Waals surface area contributed by atoms with Crippen molar-refractivity contribution in [3.8, 4) is 16.9 Å². The van der Waals surface area contributed by atoms with Gasteiger partial charge in [0, 0.05) is 27.4 Å². The summed E-state index contributed by atoms with van der Waals surface area (Å²) in [6, 6.07) is 23.6. The van der Waals surface area contributed by atoms with Crippen molar-refractivity contribution >= 4 is 57.9 Å². The summed E-state index contributed by atoms with van der Waals surface area (Å²) >= 11 is 12.9. The third-order valence-corrected chi connectivity index (χ3v) is 6.42. The summed E-state index contributed by atoms with van der Waals surface area (Å²) in [4.78, 5) is 27.2. The van der Waals surface area contributed by atoms with Gasteiger partial charge in [0.15, 0.2) is 0 Å². The Morgan fingerprint density at radius 2 is 1.42 bits per heavy atom. The smallest absolute Gasteiger partial charge is 0.268 e. The highest BCUT2D eigenvalue weighted by atomic mass is 35.5. The van der Waals surface area contributed by atoms with Crippen molar-refractivity contribution in [1.82, 2.24) is 9.78 Å². The average Bonchev–Trinajstić information content (AvgIpc) is 3.36. The van der Waals surface area contributed by atoms with Crippen LogP contribution in [0.25, 0.3) is 23.0 Å². The van der Waals surface area contributed by atoms with E-state index in [4.69, 9.17) is 28.3 Å². The van der Waals surface area contributed by atoms with E-state index in [9.17, 15) is 9.59 Å². The molecule has 5 rings (SSSR count). The van der Waals surface area contributed by atoms with Crippen LogP contribution in [0.5, 0.6) is 0 Å². The van der Waals surface area contributed by atoms with Crippen LogP contribution < -0.4 is 4.90 Å². The maximum absolute atomic E-state index is 13.1. The van der Waals surface area contributed by atoms with E-state index in [-0.39, 0.29) is 11.1 Å². The van der Waals surface area contributed by atoms with Gasteiger partial charge >= 0.3 is 0 Å². The molecule has 0 bridgehead atoms. The minimum Gasteiger partial charge on any atom is -0.268 e. The first-order valence-corrected chi connectivity index (χ1v) is 11.5. The van der Waals surface area contributed by atoms with Crippen LogP contribution >= 0.6 is 35.0 Å². The van der Waals surface area contributed by atoms with E-state index in [1.807, 2.05) is 48.7 Å². The van der Waals surface area contributed by atoms with Crippen LogP contribution in [-0.2, 0) is 4.79 Å². The fourth-order valence-corrected chi connectivity index (χ4v) is 4.54. The molecule has 0 atom stereocenters. The van der Waals surface area contributed by atoms with E-state index in [0.717, 1.165) is 27.9 Å². The average molecular weight is 492 g/mol. The number of rotatable bonds is 4. The molecule has 0 aliphatic carbocycles. The van der Waals surface area contributed by atoms with Gasteiger partial charge in [-0.2, -0.15) is 5.10 Å². The number of nitrogens with zero attached hydrogens (tertiary/aromatic N) is 3. The van der Waals surface area contributed by atoms with Gasteiger partial charge in [-0.25, -0.2) is 9.58 Å². The number of carbonyl (C=O) groups is 2. The second-order valence-electron chi connectivity index (χ2n) is 7.21. The first-order valence-electron chi connectivity index (χ1n) is 9.94. The molecule has 2 amide bonds. The highest BCUT2D eigenvalue weighted by Gasteiger charge is 2.36. The second-order valence-corrected chi connectivity index (χ2v) is 9.08. The van der Waals surface area contributed by atoms with Gasteiger partial charge in [-0.05, 0) is 66.4 Å². The molecule has 33 heavy (non-hydrogen) atoms. The monoisotopic (exact) mass is 491 g/mol. The predicted molar refractivity (Wildman–Crippen MR) is 134 cm³/mol. The Balaban J connectivity index is 1.57. The molecule has 1 saturated heterocycles. The summed E-state index contributed by atoms with van der Waals surface area (Å²) in [6.07, 6.45) is 3.55. The fraction of sp³-hybridized carbons (Fsp3) is 0. The predicted octanol–water partition coefficient (Wildman–Crippen LogP) is 7.09. The van der Waals surface area contributed by atoms with Crippen molar-refractivity contribution < 1.29 is 9.59 Å². The molecule has 0 saturated carbocycles. The lowest BCUT2D eigenvalue weighted by Crippen LogP contribution is -2.27. The van der Waals surface area contributed by atoms with Gasteiger partial charge in [-0.3, -0.25) is 9.59 Å². The SMILES string of the molecule is O=C1S/C(=C\c2cn(-c3ccccc3)nc2-c2ccc(Cl)cc2)C(=O)N1c1ccc(Cl)cc1. The molecule has 0 spiro atoms. The van der Waals surface area contributed by atoms with Crippen molar-refractivity contribution in [1.29, 1.82) is 0 Å². The number of halogens is 2. The van der Waals surface area contributed by atoms with Crippen LogP contribution in [0, 0.1) is 0 Å². The lowest BCUT2D eigenvalue weighted by atomic mass is 10.1. The molecule has 162 valence electrons. The van der Waals surface area contributed by atoms with Gasteiger partial charge in [-0.1, -0.05) is 53.5 Å². The highest BCUT2D eigenvalue weighted by molar-refractivity contribution is 8.19. The van der Waals surface area contributed by atoms with Crippen LogP contribution in [-0.4, -0.2) is 20.9 Å². The molecular weight excluding hydrogens is 477 g/mol. The lowest BCUT2D eigenvalue weighted by molar-refractivity contribution is -0.113. The number of thioether (sulfide) groups is 1. The Morgan fingerprint density at radius 1 is 0.788 bits per heavy atom. The second kappa shape index (κ2) is 8.90. The molecule has 0 unspecified atom stereocenters. The Kier molecular flexibility index (Phi) is 5.81.